The van der Waals surface area contributed by atoms with E-state index >= 15 is 0 Å². The van der Waals surface area contributed by atoms with Crippen LogP contribution in [0.15, 0.2) is 0 Å². The molecule has 1 aliphatic heterocycles. The Kier molecular flexibility index (Phi) is 7.15. The highest BCUT2D eigenvalue weighted by Crippen LogP contribution is 2.21. The molecular formula is C12H21NO8. The number of hydrogen-bond acceptors (Lipinski definition) is 8. The molecule has 0 aromatic heterocycles. The summed E-state index contributed by atoms with van der Waals surface area (Å²) >= 11 is 0. The second kappa shape index (κ2) is 8.37. The average molecular weight is 307 g/mol. The molecule has 0 aliphatic carbocycles. The highest BCUT2D eigenvalue weighted by molar-refractivity contribution is 5.77. The van der Waals surface area contributed by atoms with Gasteiger partial charge in [0.05, 0.1) is 6.61 Å². The van der Waals surface area contributed by atoms with Gasteiger partial charge in [-0.05, 0) is 0 Å². The molecule has 1 rings (SSSR count). The van der Waals surface area contributed by atoms with Crippen molar-refractivity contribution in [3.8, 4) is 0 Å². The van der Waals surface area contributed by atoms with Gasteiger partial charge < -0.3 is 40.0 Å². The third kappa shape index (κ3) is 4.99. The minimum Gasteiger partial charge on any atom is -0.394 e. The Labute approximate surface area is 121 Å². The first kappa shape index (κ1) is 18.0. The second-order valence-corrected chi connectivity index (χ2v) is 4.93. The molecule has 1 amide bonds. The van der Waals surface area contributed by atoms with Crippen molar-refractivity contribution in [2.75, 3.05) is 19.8 Å². The third-order valence-corrected chi connectivity index (χ3v) is 3.08. The van der Waals surface area contributed by atoms with Gasteiger partial charge in [0.25, 0.3) is 0 Å². The quantitative estimate of drug-likeness (QED) is 0.308. The number of rotatable bonds is 7. The summed E-state index contributed by atoms with van der Waals surface area (Å²) < 4.78 is 10.1. The normalized spacial score (nSPS) is 34.2. The van der Waals surface area contributed by atoms with E-state index in [0.717, 1.165) is 0 Å². The Morgan fingerprint density at radius 3 is 2.57 bits per heavy atom. The minimum atomic E-state index is -1.56. The maximum Gasteiger partial charge on any atom is 0.246 e. The highest BCUT2D eigenvalue weighted by atomic mass is 16.7. The summed E-state index contributed by atoms with van der Waals surface area (Å²) in [4.78, 5) is 21.9. The van der Waals surface area contributed by atoms with Crippen LogP contribution in [0.4, 0.5) is 0 Å². The van der Waals surface area contributed by atoms with E-state index in [1.54, 1.807) is 6.92 Å². The molecule has 9 heteroatoms. The maximum atomic E-state index is 11.5. The Bertz CT molecular complexity index is 350. The molecule has 3 unspecified atom stereocenters. The Hall–Kier alpha value is -1.10. The summed E-state index contributed by atoms with van der Waals surface area (Å²) in [7, 11) is 0. The van der Waals surface area contributed by atoms with Gasteiger partial charge in [-0.3, -0.25) is 4.79 Å². The van der Waals surface area contributed by atoms with E-state index in [2.05, 4.69) is 5.32 Å². The highest BCUT2D eigenvalue weighted by Gasteiger charge is 2.44. The molecule has 0 bridgehead atoms. The zero-order valence-corrected chi connectivity index (χ0v) is 11.6. The second-order valence-electron chi connectivity index (χ2n) is 4.93. The van der Waals surface area contributed by atoms with Crippen LogP contribution < -0.4 is 5.32 Å². The van der Waals surface area contributed by atoms with Crippen molar-refractivity contribution in [2.45, 2.75) is 37.6 Å². The van der Waals surface area contributed by atoms with Crippen LogP contribution in [0.5, 0.6) is 0 Å². The fourth-order valence-corrected chi connectivity index (χ4v) is 1.74. The van der Waals surface area contributed by atoms with Crippen LogP contribution in [0.3, 0.4) is 0 Å². The summed E-state index contributed by atoms with van der Waals surface area (Å²) in [6.45, 7) is 0.744. The molecule has 0 saturated carbocycles. The zero-order chi connectivity index (χ0) is 16.0. The molecule has 0 aromatic carbocycles. The van der Waals surface area contributed by atoms with Crippen molar-refractivity contribution < 1.29 is 39.5 Å². The van der Waals surface area contributed by atoms with E-state index in [9.17, 15) is 24.9 Å². The standard InChI is InChI=1S/C12H21NO8/c1-6(3-14)2-13-8(16)5-20-12-11(19)10(18)9(17)7(4-15)21-12/h3,6-7,9-12,15,17-19H,2,4-5H2,1H3,(H,13,16)/t6-,7?,9?,10-,11+,12?/m0/s1. The van der Waals surface area contributed by atoms with Crippen molar-refractivity contribution >= 4 is 12.2 Å². The fourth-order valence-electron chi connectivity index (χ4n) is 1.74. The number of ether oxygens (including phenoxy) is 2. The lowest BCUT2D eigenvalue weighted by molar-refractivity contribution is -0.299. The van der Waals surface area contributed by atoms with E-state index in [1.807, 2.05) is 0 Å². The minimum absolute atomic E-state index is 0.153. The monoisotopic (exact) mass is 307 g/mol. The number of carbonyl (C=O) groups is 2. The van der Waals surface area contributed by atoms with Crippen molar-refractivity contribution in [2.24, 2.45) is 5.92 Å². The molecule has 122 valence electrons. The molecule has 1 fully saturated rings. The number of nitrogens with one attached hydrogen (secondary N) is 1. The molecule has 0 radical (unpaired) electrons. The predicted octanol–water partition coefficient (Wildman–Crippen LogP) is -3.25. The van der Waals surface area contributed by atoms with E-state index < -0.39 is 49.8 Å². The lowest BCUT2D eigenvalue weighted by Gasteiger charge is -2.39. The molecule has 1 saturated heterocycles. The van der Waals surface area contributed by atoms with Crippen LogP contribution >= 0.6 is 0 Å². The molecule has 0 aromatic rings. The summed E-state index contributed by atoms with van der Waals surface area (Å²) in [6, 6.07) is 0. The molecule has 1 heterocycles. The van der Waals surface area contributed by atoms with Gasteiger partial charge in [0.15, 0.2) is 6.29 Å². The fraction of sp³-hybridized carbons (Fsp3) is 0.833. The molecule has 1 aliphatic rings. The zero-order valence-electron chi connectivity index (χ0n) is 11.6. The summed E-state index contributed by atoms with van der Waals surface area (Å²) in [5.41, 5.74) is 0. The number of amides is 1. The Balaban J connectivity index is 2.43. The third-order valence-electron chi connectivity index (χ3n) is 3.08. The first-order chi connectivity index (χ1) is 9.90. The van der Waals surface area contributed by atoms with Crippen molar-refractivity contribution in [3.63, 3.8) is 0 Å². The van der Waals surface area contributed by atoms with E-state index in [0.29, 0.717) is 6.29 Å². The molecule has 9 nitrogen and oxygen atoms in total. The maximum absolute atomic E-state index is 11.5. The molecule has 6 atom stereocenters. The van der Waals surface area contributed by atoms with Crippen LogP contribution in [0.1, 0.15) is 6.92 Å². The van der Waals surface area contributed by atoms with Gasteiger partial charge in [0.1, 0.15) is 37.3 Å². The van der Waals surface area contributed by atoms with Gasteiger partial charge in [-0.1, -0.05) is 6.92 Å². The van der Waals surface area contributed by atoms with Gasteiger partial charge in [-0.2, -0.15) is 0 Å². The van der Waals surface area contributed by atoms with Gasteiger partial charge >= 0.3 is 0 Å². The number of aliphatic hydroxyl groups excluding tert-OH is 4. The van der Waals surface area contributed by atoms with E-state index in [1.165, 1.54) is 0 Å². The molecule has 0 spiro atoms. The number of hydrogen-bond donors (Lipinski definition) is 5. The van der Waals surface area contributed by atoms with Crippen molar-refractivity contribution in [3.05, 3.63) is 0 Å². The van der Waals surface area contributed by atoms with Crippen molar-refractivity contribution in [1.82, 2.24) is 5.32 Å². The summed E-state index contributed by atoms with van der Waals surface area (Å²) in [5.74, 6) is -0.859. The number of carbonyl (C=O) groups excluding carboxylic acids is 2. The van der Waals surface area contributed by atoms with Crippen LogP contribution in [-0.4, -0.2) is 83.1 Å². The Morgan fingerprint density at radius 1 is 1.33 bits per heavy atom. The first-order valence-corrected chi connectivity index (χ1v) is 6.54. The lowest BCUT2D eigenvalue weighted by atomic mass is 9.99. The topological polar surface area (TPSA) is 146 Å². The van der Waals surface area contributed by atoms with Gasteiger partial charge in [0, 0.05) is 12.5 Å². The average Bonchev–Trinajstić information content (AvgIpc) is 2.49. The SMILES string of the molecule is C[C@H](C=O)CNC(=O)COC1OC(CO)C(O)[C@H](O)[C@H]1O. The first-order valence-electron chi connectivity index (χ1n) is 6.54. The van der Waals surface area contributed by atoms with Gasteiger partial charge in [-0.15, -0.1) is 0 Å². The van der Waals surface area contributed by atoms with Crippen LogP contribution in [0.25, 0.3) is 0 Å². The molecular weight excluding hydrogens is 286 g/mol. The summed E-state index contributed by atoms with van der Waals surface area (Å²) in [5, 5.41) is 40.2. The van der Waals surface area contributed by atoms with Gasteiger partial charge in [-0.25, -0.2) is 0 Å². The van der Waals surface area contributed by atoms with Crippen LogP contribution in [0, 0.1) is 5.92 Å². The largest absolute Gasteiger partial charge is 0.394 e. The van der Waals surface area contributed by atoms with Crippen molar-refractivity contribution in [1.29, 1.82) is 0 Å². The smallest absolute Gasteiger partial charge is 0.246 e. The van der Waals surface area contributed by atoms with E-state index in [-0.39, 0.29) is 12.5 Å². The predicted molar refractivity (Wildman–Crippen MR) is 68.0 cm³/mol. The molecule has 21 heavy (non-hydrogen) atoms. The lowest BCUT2D eigenvalue weighted by Crippen LogP contribution is -2.59. The van der Waals surface area contributed by atoms with Crippen LogP contribution in [0.2, 0.25) is 0 Å². The Morgan fingerprint density at radius 2 is 2.00 bits per heavy atom. The van der Waals surface area contributed by atoms with E-state index in [4.69, 9.17) is 14.6 Å². The number of aliphatic hydroxyl groups is 4. The number of aldehydes is 1. The van der Waals surface area contributed by atoms with Crippen LogP contribution in [-0.2, 0) is 19.1 Å². The summed E-state index contributed by atoms with van der Waals surface area (Å²) in [6.07, 6.45) is -6.34. The molecule has 5 N–H and O–H groups in total. The van der Waals surface area contributed by atoms with Gasteiger partial charge in [0.2, 0.25) is 5.91 Å².